The van der Waals surface area contributed by atoms with Crippen LogP contribution in [0.1, 0.15) is 48.0 Å². The number of rotatable bonds is 3. The van der Waals surface area contributed by atoms with Crippen LogP contribution in [0.25, 0.3) is 0 Å². The number of nitrogens with one attached hydrogen (secondary N) is 2. The summed E-state index contributed by atoms with van der Waals surface area (Å²) in [5, 5.41) is 6.33. The molecule has 0 bridgehead atoms. The van der Waals surface area contributed by atoms with E-state index in [1.807, 2.05) is 6.07 Å². The van der Waals surface area contributed by atoms with Crippen LogP contribution in [0.2, 0.25) is 0 Å². The number of amides is 1. The summed E-state index contributed by atoms with van der Waals surface area (Å²) in [4.78, 5) is 13.1. The van der Waals surface area contributed by atoms with Crippen molar-refractivity contribution in [2.24, 2.45) is 0 Å². The van der Waals surface area contributed by atoms with Crippen LogP contribution < -0.4 is 10.6 Å². The van der Waals surface area contributed by atoms with Gasteiger partial charge in [0.05, 0.1) is 0 Å². The Kier molecular flexibility index (Phi) is 4.12. The van der Waals surface area contributed by atoms with Crippen LogP contribution in [0.3, 0.4) is 0 Å². The molecule has 1 amide bonds. The molecule has 1 fully saturated rings. The average molecular weight is 253 g/mol. The van der Waals surface area contributed by atoms with Gasteiger partial charge in [-0.1, -0.05) is 13.8 Å². The molecule has 0 unspecified atom stereocenters. The minimum Gasteiger partial charge on any atom is -0.348 e. The molecule has 0 aliphatic carbocycles. The minimum absolute atomic E-state index is 0.0277. The first-order valence-corrected chi connectivity index (χ1v) is 6.92. The molecule has 0 saturated carbocycles. The molecule has 2 N–H and O–H groups in total. The first-order valence-electron chi connectivity index (χ1n) is 6.15. The lowest BCUT2D eigenvalue weighted by Crippen LogP contribution is -2.42. The van der Waals surface area contributed by atoms with Crippen molar-refractivity contribution in [2.75, 3.05) is 13.1 Å². The van der Waals surface area contributed by atoms with Gasteiger partial charge < -0.3 is 10.6 Å². The zero-order chi connectivity index (χ0) is 12.3. The zero-order valence-corrected chi connectivity index (χ0v) is 11.1. The van der Waals surface area contributed by atoms with Crippen LogP contribution in [-0.4, -0.2) is 29.4 Å². The number of piperidine rings is 1. The van der Waals surface area contributed by atoms with Gasteiger partial charge in [-0.3, -0.25) is 4.79 Å². The highest BCUT2D eigenvalue weighted by Gasteiger charge is 2.18. The van der Waals surface area contributed by atoms with E-state index in [4.69, 9.17) is 0 Å². The smallest absolute Gasteiger partial charge is 0.271 e. The predicted molar refractivity (Wildman–Crippen MR) is 69.6 cm³/mol. The largest absolute Gasteiger partial charge is 0.348 e. The Labute approximate surface area is 106 Å². The highest BCUT2D eigenvalue weighted by atomic mass is 32.1. The number of aromatic nitrogens is 1. The Morgan fingerprint density at radius 3 is 2.82 bits per heavy atom. The summed E-state index contributed by atoms with van der Waals surface area (Å²) in [5.74, 6) is 0.410. The van der Waals surface area contributed by atoms with Gasteiger partial charge in [0.15, 0.2) is 0 Å². The van der Waals surface area contributed by atoms with Crippen LogP contribution in [0, 0.1) is 0 Å². The first kappa shape index (κ1) is 12.5. The van der Waals surface area contributed by atoms with Crippen molar-refractivity contribution in [1.82, 2.24) is 15.0 Å². The SMILES string of the molecule is CC(C)c1cc(C(=O)NC2CCNCC2)ns1. The second kappa shape index (κ2) is 5.60. The Balaban J connectivity index is 1.94. The molecule has 94 valence electrons. The molecule has 0 spiro atoms. The van der Waals surface area contributed by atoms with Crippen molar-refractivity contribution in [3.63, 3.8) is 0 Å². The summed E-state index contributed by atoms with van der Waals surface area (Å²) in [5.41, 5.74) is 0.567. The summed E-state index contributed by atoms with van der Waals surface area (Å²) in [7, 11) is 0. The van der Waals surface area contributed by atoms with Crippen molar-refractivity contribution in [3.8, 4) is 0 Å². The maximum absolute atomic E-state index is 12.0. The Hall–Kier alpha value is -0.940. The van der Waals surface area contributed by atoms with Gasteiger partial charge >= 0.3 is 0 Å². The van der Waals surface area contributed by atoms with E-state index in [0.29, 0.717) is 17.7 Å². The van der Waals surface area contributed by atoms with Crippen LogP contribution in [-0.2, 0) is 0 Å². The second-order valence-corrected chi connectivity index (χ2v) is 5.60. The monoisotopic (exact) mass is 253 g/mol. The lowest BCUT2D eigenvalue weighted by atomic mass is 10.1. The molecule has 17 heavy (non-hydrogen) atoms. The average Bonchev–Trinajstić information content (AvgIpc) is 2.79. The minimum atomic E-state index is -0.0277. The van der Waals surface area contributed by atoms with Crippen molar-refractivity contribution in [3.05, 3.63) is 16.6 Å². The molecule has 1 aromatic rings. The molecule has 4 nitrogen and oxygen atoms in total. The maximum atomic E-state index is 12.0. The molecule has 1 saturated heterocycles. The summed E-state index contributed by atoms with van der Waals surface area (Å²) in [6.45, 7) is 6.20. The van der Waals surface area contributed by atoms with Crippen LogP contribution >= 0.6 is 11.5 Å². The third-order valence-corrected chi connectivity index (χ3v) is 4.09. The van der Waals surface area contributed by atoms with E-state index in [1.165, 1.54) is 16.4 Å². The lowest BCUT2D eigenvalue weighted by Gasteiger charge is -2.23. The number of nitrogens with zero attached hydrogens (tertiary/aromatic N) is 1. The van der Waals surface area contributed by atoms with E-state index < -0.39 is 0 Å². The van der Waals surface area contributed by atoms with Gasteiger partial charge in [-0.2, -0.15) is 4.37 Å². The zero-order valence-electron chi connectivity index (χ0n) is 10.3. The van der Waals surface area contributed by atoms with Crippen LogP contribution in [0.15, 0.2) is 6.07 Å². The van der Waals surface area contributed by atoms with Crippen LogP contribution in [0.5, 0.6) is 0 Å². The highest BCUT2D eigenvalue weighted by Crippen LogP contribution is 2.20. The van der Waals surface area contributed by atoms with Crippen molar-refractivity contribution in [1.29, 1.82) is 0 Å². The first-order chi connectivity index (χ1) is 8.16. The molecular formula is C12H19N3OS. The fourth-order valence-electron chi connectivity index (χ4n) is 1.89. The van der Waals surface area contributed by atoms with E-state index in [-0.39, 0.29) is 5.91 Å². The Morgan fingerprint density at radius 1 is 1.53 bits per heavy atom. The molecule has 0 aromatic carbocycles. The third kappa shape index (κ3) is 3.26. The van der Waals surface area contributed by atoms with Crippen LogP contribution in [0.4, 0.5) is 0 Å². The number of carbonyl (C=O) groups is 1. The molecule has 2 rings (SSSR count). The predicted octanol–water partition coefficient (Wildman–Crippen LogP) is 1.75. The maximum Gasteiger partial charge on any atom is 0.271 e. The molecule has 0 atom stereocenters. The second-order valence-electron chi connectivity index (χ2n) is 4.77. The van der Waals surface area contributed by atoms with Gasteiger partial charge in [-0.05, 0) is 49.4 Å². The molecule has 5 heteroatoms. The quantitative estimate of drug-likeness (QED) is 0.863. The third-order valence-electron chi connectivity index (χ3n) is 3.00. The van der Waals surface area contributed by atoms with E-state index >= 15 is 0 Å². The van der Waals surface area contributed by atoms with Gasteiger partial charge in [0.1, 0.15) is 5.69 Å². The van der Waals surface area contributed by atoms with Crippen molar-refractivity contribution < 1.29 is 4.79 Å². The molecule has 0 radical (unpaired) electrons. The van der Waals surface area contributed by atoms with Crippen molar-refractivity contribution >= 4 is 17.4 Å². The van der Waals surface area contributed by atoms with E-state index in [1.54, 1.807) is 0 Å². The molecule has 1 aliphatic rings. The fraction of sp³-hybridized carbons (Fsp3) is 0.667. The van der Waals surface area contributed by atoms with Crippen molar-refractivity contribution in [2.45, 2.75) is 38.6 Å². The lowest BCUT2D eigenvalue weighted by molar-refractivity contribution is 0.0925. The number of carbonyl (C=O) groups excluding carboxylic acids is 1. The normalized spacial score (nSPS) is 17.4. The Bertz CT molecular complexity index is 383. The van der Waals surface area contributed by atoms with Gasteiger partial charge in [0.25, 0.3) is 5.91 Å². The van der Waals surface area contributed by atoms with Gasteiger partial charge in [-0.15, -0.1) is 0 Å². The van der Waals surface area contributed by atoms with Gasteiger partial charge in [-0.25, -0.2) is 0 Å². The molecule has 2 heterocycles. The highest BCUT2D eigenvalue weighted by molar-refractivity contribution is 7.06. The topological polar surface area (TPSA) is 54.0 Å². The summed E-state index contributed by atoms with van der Waals surface area (Å²) in [6, 6.07) is 2.21. The standard InChI is InChI=1S/C12H19N3OS/c1-8(2)11-7-10(15-17-11)12(16)14-9-3-5-13-6-4-9/h7-9,13H,3-6H2,1-2H3,(H,14,16). The van der Waals surface area contributed by atoms with Gasteiger partial charge in [0.2, 0.25) is 0 Å². The molecule has 1 aromatic heterocycles. The van der Waals surface area contributed by atoms with E-state index in [0.717, 1.165) is 25.9 Å². The number of hydrogen-bond acceptors (Lipinski definition) is 4. The fourth-order valence-corrected chi connectivity index (χ4v) is 2.61. The summed E-state index contributed by atoms with van der Waals surface area (Å²) >= 11 is 1.42. The van der Waals surface area contributed by atoms with E-state index in [2.05, 4.69) is 28.9 Å². The molecular weight excluding hydrogens is 234 g/mol. The summed E-state index contributed by atoms with van der Waals surface area (Å²) in [6.07, 6.45) is 2.01. The van der Waals surface area contributed by atoms with E-state index in [9.17, 15) is 4.79 Å². The Morgan fingerprint density at radius 2 is 2.24 bits per heavy atom. The number of hydrogen-bond donors (Lipinski definition) is 2. The van der Waals surface area contributed by atoms with Gasteiger partial charge in [0, 0.05) is 10.9 Å². The summed E-state index contributed by atoms with van der Waals surface area (Å²) < 4.78 is 4.22. The molecule has 1 aliphatic heterocycles.